The van der Waals surface area contributed by atoms with Crippen LogP contribution in [0, 0.1) is 0 Å². The van der Waals surface area contributed by atoms with Gasteiger partial charge in [0, 0.05) is 0 Å². The summed E-state index contributed by atoms with van der Waals surface area (Å²) in [7, 11) is 0. The molecule has 1 N–H and O–H groups in total. The Morgan fingerprint density at radius 3 is 2.34 bits per heavy atom. The standard InChI is InChI=1S/C28H19ClN2O4/c29-24-10-3-4-11-25(24)31-27(33)23(26(32)30-28(31)34)16-18-12-14-21(15-13-18)35-17-20-8-5-7-19-6-1-2-9-22(19)20/h1-16H,17H2,(H,30,32,34)/b23-16+. The van der Waals surface area contributed by atoms with E-state index in [0.29, 0.717) is 17.9 Å². The van der Waals surface area contributed by atoms with E-state index in [-0.39, 0.29) is 16.3 Å². The molecule has 4 amide bonds. The molecule has 0 saturated carbocycles. The molecule has 1 aliphatic rings. The van der Waals surface area contributed by atoms with Crippen molar-refractivity contribution in [3.05, 3.63) is 113 Å². The van der Waals surface area contributed by atoms with Crippen molar-refractivity contribution in [2.75, 3.05) is 4.90 Å². The maximum atomic E-state index is 13.0. The fourth-order valence-electron chi connectivity index (χ4n) is 3.92. The second-order valence-electron chi connectivity index (χ2n) is 7.91. The molecule has 1 fully saturated rings. The van der Waals surface area contributed by atoms with Gasteiger partial charge in [0.1, 0.15) is 17.9 Å². The van der Waals surface area contributed by atoms with Crippen LogP contribution in [0.5, 0.6) is 5.75 Å². The van der Waals surface area contributed by atoms with Gasteiger partial charge in [0.05, 0.1) is 10.7 Å². The average Bonchev–Trinajstić information content (AvgIpc) is 2.87. The van der Waals surface area contributed by atoms with Crippen LogP contribution in [0.4, 0.5) is 10.5 Å². The van der Waals surface area contributed by atoms with E-state index in [1.54, 1.807) is 42.5 Å². The number of benzene rings is 4. The van der Waals surface area contributed by atoms with Gasteiger partial charge in [-0.15, -0.1) is 0 Å². The molecule has 4 aromatic rings. The molecule has 0 bridgehead atoms. The number of amides is 4. The number of para-hydroxylation sites is 1. The molecule has 7 heteroatoms. The molecule has 35 heavy (non-hydrogen) atoms. The van der Waals surface area contributed by atoms with Gasteiger partial charge >= 0.3 is 6.03 Å². The number of hydrogen-bond acceptors (Lipinski definition) is 4. The molecule has 6 nitrogen and oxygen atoms in total. The van der Waals surface area contributed by atoms with Gasteiger partial charge in [-0.25, -0.2) is 9.69 Å². The van der Waals surface area contributed by atoms with Crippen molar-refractivity contribution in [1.29, 1.82) is 0 Å². The zero-order valence-corrected chi connectivity index (χ0v) is 19.2. The van der Waals surface area contributed by atoms with E-state index in [9.17, 15) is 14.4 Å². The summed E-state index contributed by atoms with van der Waals surface area (Å²) in [5.74, 6) is -0.866. The Bertz CT molecular complexity index is 1490. The molecule has 0 spiro atoms. The van der Waals surface area contributed by atoms with Crippen molar-refractivity contribution in [2.45, 2.75) is 6.61 Å². The first-order valence-corrected chi connectivity index (χ1v) is 11.2. The van der Waals surface area contributed by atoms with Crippen LogP contribution in [0.25, 0.3) is 16.8 Å². The summed E-state index contributed by atoms with van der Waals surface area (Å²) in [6.45, 7) is 0.400. The summed E-state index contributed by atoms with van der Waals surface area (Å²) in [6.07, 6.45) is 1.43. The molecule has 1 aliphatic heterocycles. The van der Waals surface area contributed by atoms with Crippen LogP contribution in [0.1, 0.15) is 11.1 Å². The van der Waals surface area contributed by atoms with Crippen LogP contribution in [0.2, 0.25) is 5.02 Å². The van der Waals surface area contributed by atoms with Crippen molar-refractivity contribution in [3.8, 4) is 5.75 Å². The van der Waals surface area contributed by atoms with Gasteiger partial charge in [-0.3, -0.25) is 14.9 Å². The number of carbonyl (C=O) groups is 3. The quantitative estimate of drug-likeness (QED) is 0.291. The lowest BCUT2D eigenvalue weighted by Gasteiger charge is -2.27. The monoisotopic (exact) mass is 482 g/mol. The van der Waals surface area contributed by atoms with Gasteiger partial charge in [0.25, 0.3) is 11.8 Å². The largest absolute Gasteiger partial charge is 0.489 e. The number of fused-ring (bicyclic) bond motifs is 1. The first-order valence-electron chi connectivity index (χ1n) is 10.9. The molecule has 0 unspecified atom stereocenters. The molecule has 0 atom stereocenters. The fourth-order valence-corrected chi connectivity index (χ4v) is 4.14. The average molecular weight is 483 g/mol. The van der Waals surface area contributed by atoms with Crippen molar-refractivity contribution >= 4 is 52.0 Å². The summed E-state index contributed by atoms with van der Waals surface area (Å²) in [5.41, 5.74) is 1.71. The molecule has 0 aromatic heterocycles. The van der Waals surface area contributed by atoms with Gasteiger partial charge in [0.2, 0.25) is 0 Å². The lowest BCUT2D eigenvalue weighted by Crippen LogP contribution is -2.54. The Morgan fingerprint density at radius 2 is 1.54 bits per heavy atom. The molecular weight excluding hydrogens is 464 g/mol. The Morgan fingerprint density at radius 1 is 0.829 bits per heavy atom. The predicted molar refractivity (Wildman–Crippen MR) is 135 cm³/mol. The maximum Gasteiger partial charge on any atom is 0.335 e. The number of imide groups is 2. The zero-order chi connectivity index (χ0) is 24.4. The van der Waals surface area contributed by atoms with E-state index in [4.69, 9.17) is 16.3 Å². The molecule has 1 saturated heterocycles. The molecule has 0 radical (unpaired) electrons. The first kappa shape index (κ1) is 22.4. The number of carbonyl (C=O) groups excluding carboxylic acids is 3. The number of anilines is 1. The topological polar surface area (TPSA) is 75.7 Å². The summed E-state index contributed by atoms with van der Waals surface area (Å²) in [6, 6.07) is 26.8. The predicted octanol–water partition coefficient (Wildman–Crippen LogP) is 5.74. The third-order valence-corrected chi connectivity index (χ3v) is 5.98. The lowest BCUT2D eigenvalue weighted by molar-refractivity contribution is -0.122. The van der Waals surface area contributed by atoms with Crippen molar-refractivity contribution in [2.24, 2.45) is 0 Å². The van der Waals surface area contributed by atoms with Gasteiger partial charge in [-0.05, 0) is 52.2 Å². The van der Waals surface area contributed by atoms with Gasteiger partial charge in [-0.2, -0.15) is 0 Å². The van der Waals surface area contributed by atoms with E-state index in [1.165, 1.54) is 12.1 Å². The van der Waals surface area contributed by atoms with Gasteiger partial charge < -0.3 is 4.74 Å². The van der Waals surface area contributed by atoms with Crippen molar-refractivity contribution in [3.63, 3.8) is 0 Å². The van der Waals surface area contributed by atoms with Crippen LogP contribution in [0.3, 0.4) is 0 Å². The third-order valence-electron chi connectivity index (χ3n) is 5.66. The van der Waals surface area contributed by atoms with E-state index in [1.807, 2.05) is 24.3 Å². The Balaban J connectivity index is 1.35. The second kappa shape index (κ2) is 9.44. The Hall–Kier alpha value is -4.42. The number of nitrogens with one attached hydrogen (secondary N) is 1. The minimum atomic E-state index is -0.845. The highest BCUT2D eigenvalue weighted by Crippen LogP contribution is 2.29. The molecule has 5 rings (SSSR count). The molecule has 172 valence electrons. The van der Waals surface area contributed by atoms with E-state index in [2.05, 4.69) is 23.5 Å². The smallest absolute Gasteiger partial charge is 0.335 e. The molecular formula is C28H19ClN2O4. The number of rotatable bonds is 5. The maximum absolute atomic E-state index is 13.0. The Kier molecular flexibility index (Phi) is 6.04. The molecule has 1 heterocycles. The number of urea groups is 1. The van der Waals surface area contributed by atoms with Gasteiger partial charge in [0.15, 0.2) is 0 Å². The summed E-state index contributed by atoms with van der Waals surface area (Å²) in [5, 5.41) is 4.70. The minimum Gasteiger partial charge on any atom is -0.489 e. The first-order chi connectivity index (χ1) is 17.0. The van der Waals surface area contributed by atoms with E-state index in [0.717, 1.165) is 21.2 Å². The number of nitrogens with zero attached hydrogens (tertiary/aromatic N) is 1. The van der Waals surface area contributed by atoms with E-state index < -0.39 is 17.8 Å². The fraction of sp³-hybridized carbons (Fsp3) is 0.0357. The van der Waals surface area contributed by atoms with Crippen LogP contribution in [-0.2, 0) is 16.2 Å². The highest BCUT2D eigenvalue weighted by atomic mass is 35.5. The summed E-state index contributed by atoms with van der Waals surface area (Å²) < 4.78 is 5.96. The normalized spacial score (nSPS) is 14.9. The SMILES string of the molecule is O=C1NC(=O)N(c2ccccc2Cl)C(=O)/C1=C/c1ccc(OCc2cccc3ccccc23)cc1. The Labute approximate surface area is 206 Å². The van der Waals surface area contributed by atoms with Crippen LogP contribution >= 0.6 is 11.6 Å². The summed E-state index contributed by atoms with van der Waals surface area (Å²) >= 11 is 6.16. The van der Waals surface area contributed by atoms with Crippen LogP contribution in [-0.4, -0.2) is 17.8 Å². The second-order valence-corrected chi connectivity index (χ2v) is 8.31. The lowest BCUT2D eigenvalue weighted by atomic mass is 10.1. The van der Waals surface area contributed by atoms with E-state index >= 15 is 0 Å². The van der Waals surface area contributed by atoms with Crippen LogP contribution < -0.4 is 15.0 Å². The summed E-state index contributed by atoms with van der Waals surface area (Å²) in [4.78, 5) is 38.6. The van der Waals surface area contributed by atoms with Crippen molar-refractivity contribution < 1.29 is 19.1 Å². The molecule has 0 aliphatic carbocycles. The third kappa shape index (κ3) is 4.52. The highest BCUT2D eigenvalue weighted by molar-refractivity contribution is 6.42. The van der Waals surface area contributed by atoms with Crippen LogP contribution in [0.15, 0.2) is 96.6 Å². The zero-order valence-electron chi connectivity index (χ0n) is 18.4. The number of barbiturate groups is 1. The van der Waals surface area contributed by atoms with Crippen molar-refractivity contribution in [1.82, 2.24) is 5.32 Å². The van der Waals surface area contributed by atoms with Gasteiger partial charge in [-0.1, -0.05) is 78.3 Å². The molecule has 4 aromatic carbocycles. The number of hydrogen-bond donors (Lipinski definition) is 1. The minimum absolute atomic E-state index is 0.172. The highest BCUT2D eigenvalue weighted by Gasteiger charge is 2.37. The number of ether oxygens (including phenoxy) is 1. The number of halogens is 1.